The van der Waals surface area contributed by atoms with Crippen molar-refractivity contribution in [1.82, 2.24) is 19.4 Å². The van der Waals surface area contributed by atoms with Crippen molar-refractivity contribution < 1.29 is 13.2 Å². The van der Waals surface area contributed by atoms with Gasteiger partial charge in [-0.1, -0.05) is 18.2 Å². The van der Waals surface area contributed by atoms with Crippen molar-refractivity contribution in [2.45, 2.75) is 36.5 Å². The molecular formula is C19H24N4O3S. The number of nitrogens with zero attached hydrogens (tertiary/aromatic N) is 3. The number of amides is 1. The Labute approximate surface area is 159 Å². The highest BCUT2D eigenvalue weighted by Gasteiger charge is 2.34. The molecule has 3 heterocycles. The molecule has 2 saturated heterocycles. The molecular weight excluding hydrogens is 364 g/mol. The summed E-state index contributed by atoms with van der Waals surface area (Å²) >= 11 is 0. The van der Waals surface area contributed by atoms with Gasteiger partial charge in [0.15, 0.2) is 0 Å². The van der Waals surface area contributed by atoms with Gasteiger partial charge >= 0.3 is 0 Å². The van der Waals surface area contributed by atoms with Crippen molar-refractivity contribution in [2.75, 3.05) is 26.2 Å². The number of aromatic amines is 1. The van der Waals surface area contributed by atoms with Crippen LogP contribution in [0.25, 0.3) is 0 Å². The quantitative estimate of drug-likeness (QED) is 0.870. The first-order valence-electron chi connectivity index (χ1n) is 9.45. The number of rotatable bonds is 4. The molecule has 2 aliphatic heterocycles. The van der Waals surface area contributed by atoms with Gasteiger partial charge < -0.3 is 4.90 Å². The van der Waals surface area contributed by atoms with Crippen LogP contribution < -0.4 is 0 Å². The molecule has 0 bridgehead atoms. The van der Waals surface area contributed by atoms with E-state index in [0.29, 0.717) is 23.5 Å². The van der Waals surface area contributed by atoms with E-state index in [2.05, 4.69) is 10.2 Å². The van der Waals surface area contributed by atoms with E-state index in [0.717, 1.165) is 44.5 Å². The van der Waals surface area contributed by atoms with Crippen LogP contribution in [-0.4, -0.2) is 59.9 Å². The molecule has 0 saturated carbocycles. The fourth-order valence-corrected chi connectivity index (χ4v) is 5.55. The molecule has 8 heteroatoms. The standard InChI is InChI=1S/C19H24N4O3S/c24-19(22-10-4-5-11-22)17-13-20-21-18(17)15-7-6-12-23(14-15)27(25,26)16-8-2-1-3-9-16/h1-3,8-9,13,15H,4-7,10-12,14H2,(H,20,21). The van der Waals surface area contributed by atoms with Gasteiger partial charge in [-0.25, -0.2) is 8.42 Å². The Bertz CT molecular complexity index is 904. The summed E-state index contributed by atoms with van der Waals surface area (Å²) in [6.45, 7) is 2.42. The molecule has 0 aliphatic carbocycles. The molecule has 2 fully saturated rings. The van der Waals surface area contributed by atoms with Crippen LogP contribution in [0, 0.1) is 0 Å². The predicted molar refractivity (Wildman–Crippen MR) is 101 cm³/mol. The lowest BCUT2D eigenvalue weighted by atomic mass is 9.93. The number of aromatic nitrogens is 2. The first-order valence-corrected chi connectivity index (χ1v) is 10.9. The van der Waals surface area contributed by atoms with E-state index in [4.69, 9.17) is 0 Å². The van der Waals surface area contributed by atoms with Crippen molar-refractivity contribution in [3.8, 4) is 0 Å². The van der Waals surface area contributed by atoms with Gasteiger partial charge in [0.2, 0.25) is 10.0 Å². The molecule has 1 unspecified atom stereocenters. The third kappa shape index (κ3) is 3.51. The summed E-state index contributed by atoms with van der Waals surface area (Å²) in [7, 11) is -3.53. The Morgan fingerprint density at radius 2 is 1.81 bits per heavy atom. The fourth-order valence-electron chi connectivity index (χ4n) is 4.01. The lowest BCUT2D eigenvalue weighted by Crippen LogP contribution is -2.39. The van der Waals surface area contributed by atoms with E-state index in [-0.39, 0.29) is 11.8 Å². The van der Waals surface area contributed by atoms with Crippen molar-refractivity contribution in [3.63, 3.8) is 0 Å². The van der Waals surface area contributed by atoms with Crippen LogP contribution in [-0.2, 0) is 10.0 Å². The summed E-state index contributed by atoms with van der Waals surface area (Å²) in [4.78, 5) is 15.0. The van der Waals surface area contributed by atoms with E-state index in [1.807, 2.05) is 4.90 Å². The number of nitrogens with one attached hydrogen (secondary N) is 1. The molecule has 1 N–H and O–H groups in total. The maximum Gasteiger partial charge on any atom is 0.257 e. The summed E-state index contributed by atoms with van der Waals surface area (Å²) in [5.41, 5.74) is 1.35. The van der Waals surface area contributed by atoms with Crippen LogP contribution >= 0.6 is 0 Å². The fraction of sp³-hybridized carbons (Fsp3) is 0.474. The van der Waals surface area contributed by atoms with E-state index in [1.165, 1.54) is 4.31 Å². The minimum Gasteiger partial charge on any atom is -0.339 e. The monoisotopic (exact) mass is 388 g/mol. The SMILES string of the molecule is O=C(c1cn[nH]c1C1CCCN(S(=O)(=O)c2ccccc2)C1)N1CCCC1. The summed E-state index contributed by atoms with van der Waals surface area (Å²) < 4.78 is 27.4. The van der Waals surface area contributed by atoms with Gasteiger partial charge in [-0.3, -0.25) is 9.89 Å². The second-order valence-electron chi connectivity index (χ2n) is 7.21. The second-order valence-corrected chi connectivity index (χ2v) is 9.15. The first kappa shape index (κ1) is 18.2. The Morgan fingerprint density at radius 3 is 2.56 bits per heavy atom. The van der Waals surface area contributed by atoms with Crippen LogP contribution in [0.3, 0.4) is 0 Å². The first-order chi connectivity index (χ1) is 13.1. The van der Waals surface area contributed by atoms with E-state index in [9.17, 15) is 13.2 Å². The zero-order valence-corrected chi connectivity index (χ0v) is 16.0. The Morgan fingerprint density at radius 1 is 1.07 bits per heavy atom. The van der Waals surface area contributed by atoms with Crippen molar-refractivity contribution in [3.05, 3.63) is 47.8 Å². The summed E-state index contributed by atoms with van der Waals surface area (Å²) in [5.74, 6) is -0.0550. The molecule has 0 spiro atoms. The van der Waals surface area contributed by atoms with Crippen LogP contribution in [0.4, 0.5) is 0 Å². The van der Waals surface area contributed by atoms with E-state index >= 15 is 0 Å². The lowest BCUT2D eigenvalue weighted by molar-refractivity contribution is 0.0791. The predicted octanol–water partition coefficient (Wildman–Crippen LogP) is 2.21. The Balaban J connectivity index is 1.56. The molecule has 2 aliphatic rings. The van der Waals surface area contributed by atoms with Crippen LogP contribution in [0.1, 0.15) is 47.7 Å². The van der Waals surface area contributed by atoms with Crippen molar-refractivity contribution in [1.29, 1.82) is 0 Å². The van der Waals surface area contributed by atoms with Gasteiger partial charge in [0.25, 0.3) is 5.91 Å². The smallest absolute Gasteiger partial charge is 0.257 e. The van der Waals surface area contributed by atoms with Crippen molar-refractivity contribution >= 4 is 15.9 Å². The molecule has 1 atom stereocenters. The number of carbonyl (C=O) groups is 1. The van der Waals surface area contributed by atoms with Crippen LogP contribution in [0.5, 0.6) is 0 Å². The molecule has 1 amide bonds. The van der Waals surface area contributed by atoms with E-state index < -0.39 is 10.0 Å². The summed E-state index contributed by atoms with van der Waals surface area (Å²) in [6.07, 6.45) is 5.24. The normalized spacial score (nSPS) is 21.5. The zero-order valence-electron chi connectivity index (χ0n) is 15.2. The van der Waals surface area contributed by atoms with Gasteiger partial charge in [0.1, 0.15) is 0 Å². The van der Waals surface area contributed by atoms with Gasteiger partial charge in [-0.15, -0.1) is 0 Å². The summed E-state index contributed by atoms with van der Waals surface area (Å²) in [5, 5.41) is 7.07. The third-order valence-electron chi connectivity index (χ3n) is 5.47. The summed E-state index contributed by atoms with van der Waals surface area (Å²) in [6, 6.07) is 8.51. The number of carbonyl (C=O) groups excluding carboxylic acids is 1. The minimum absolute atomic E-state index is 0.000657. The third-order valence-corrected chi connectivity index (χ3v) is 7.35. The highest BCUT2D eigenvalue weighted by molar-refractivity contribution is 7.89. The van der Waals surface area contributed by atoms with Crippen LogP contribution in [0.15, 0.2) is 41.4 Å². The average molecular weight is 388 g/mol. The van der Waals surface area contributed by atoms with Gasteiger partial charge in [0, 0.05) is 32.1 Å². The largest absolute Gasteiger partial charge is 0.339 e. The number of likely N-dealkylation sites (tertiary alicyclic amines) is 1. The number of hydrogen-bond donors (Lipinski definition) is 1. The highest BCUT2D eigenvalue weighted by atomic mass is 32.2. The molecule has 0 radical (unpaired) electrons. The maximum atomic E-state index is 13.0. The van der Waals surface area contributed by atoms with Gasteiger partial charge in [0.05, 0.1) is 22.3 Å². The Kier molecular flexibility index (Phi) is 5.01. The lowest BCUT2D eigenvalue weighted by Gasteiger charge is -2.32. The highest BCUT2D eigenvalue weighted by Crippen LogP contribution is 2.31. The van der Waals surface area contributed by atoms with Crippen LogP contribution in [0.2, 0.25) is 0 Å². The molecule has 2 aromatic rings. The molecule has 27 heavy (non-hydrogen) atoms. The van der Waals surface area contributed by atoms with E-state index in [1.54, 1.807) is 36.5 Å². The number of H-pyrrole nitrogens is 1. The minimum atomic E-state index is -3.53. The molecule has 144 valence electrons. The number of hydrogen-bond acceptors (Lipinski definition) is 4. The topological polar surface area (TPSA) is 86.4 Å². The number of benzene rings is 1. The average Bonchev–Trinajstić information content (AvgIpc) is 3.40. The Hall–Kier alpha value is -2.19. The van der Waals surface area contributed by atoms with Gasteiger partial charge in [-0.2, -0.15) is 9.40 Å². The molecule has 7 nitrogen and oxygen atoms in total. The second kappa shape index (κ2) is 7.44. The van der Waals surface area contributed by atoms with Crippen molar-refractivity contribution in [2.24, 2.45) is 0 Å². The number of piperidine rings is 1. The maximum absolute atomic E-state index is 13.0. The molecule has 1 aromatic heterocycles. The molecule has 4 rings (SSSR count). The number of sulfonamides is 1. The van der Waals surface area contributed by atoms with Gasteiger partial charge in [-0.05, 0) is 37.8 Å². The zero-order chi connectivity index (χ0) is 18.9. The molecule has 1 aromatic carbocycles.